The van der Waals surface area contributed by atoms with Gasteiger partial charge in [0.2, 0.25) is 5.91 Å². The van der Waals surface area contributed by atoms with Crippen LogP contribution in [0.5, 0.6) is 0 Å². The molecule has 2 aliphatic heterocycles. The van der Waals surface area contributed by atoms with Gasteiger partial charge in [0, 0.05) is 0 Å². The summed E-state index contributed by atoms with van der Waals surface area (Å²) in [7, 11) is 3.85. The molecular formula is C8H14N3O-. The summed E-state index contributed by atoms with van der Waals surface area (Å²) in [6.07, 6.45) is 1.75. The molecule has 2 N–H and O–H groups in total. The van der Waals surface area contributed by atoms with Crippen LogP contribution in [0, 0.1) is 7.05 Å². The normalized spacial score (nSPS) is 29.2. The van der Waals surface area contributed by atoms with Gasteiger partial charge in [-0.3, -0.25) is 17.2 Å². The SMILES string of the molecule is [CH2-]N1CCC2(CC1)NCNC2=O. The van der Waals surface area contributed by atoms with Crippen molar-refractivity contribution in [2.45, 2.75) is 18.4 Å². The fourth-order valence-electron chi connectivity index (χ4n) is 1.88. The number of nitrogens with zero attached hydrogens (tertiary/aromatic N) is 1. The highest BCUT2D eigenvalue weighted by Gasteiger charge is 2.42. The molecule has 0 saturated carbocycles. The Balaban J connectivity index is 2.07. The molecule has 0 aromatic carbocycles. The van der Waals surface area contributed by atoms with E-state index < -0.39 is 0 Å². The Kier molecular flexibility index (Phi) is 1.81. The minimum absolute atomic E-state index is 0.163. The number of hydrogen-bond donors (Lipinski definition) is 2. The Morgan fingerprint density at radius 3 is 2.58 bits per heavy atom. The molecular weight excluding hydrogens is 154 g/mol. The number of piperidine rings is 1. The summed E-state index contributed by atoms with van der Waals surface area (Å²) in [6.45, 7) is 2.43. The molecule has 2 heterocycles. The predicted molar refractivity (Wildman–Crippen MR) is 45.0 cm³/mol. The highest BCUT2D eigenvalue weighted by Crippen LogP contribution is 2.23. The number of carbonyl (C=O) groups excluding carboxylic acids is 1. The van der Waals surface area contributed by atoms with Crippen molar-refractivity contribution in [1.82, 2.24) is 15.5 Å². The number of likely N-dealkylation sites (tertiary alicyclic amines) is 1. The molecule has 4 nitrogen and oxygen atoms in total. The lowest BCUT2D eigenvalue weighted by Crippen LogP contribution is -2.53. The van der Waals surface area contributed by atoms with E-state index in [-0.39, 0.29) is 11.4 Å². The van der Waals surface area contributed by atoms with E-state index in [1.54, 1.807) is 0 Å². The van der Waals surface area contributed by atoms with Gasteiger partial charge >= 0.3 is 0 Å². The van der Waals surface area contributed by atoms with Crippen LogP contribution in [0.2, 0.25) is 0 Å². The van der Waals surface area contributed by atoms with E-state index in [4.69, 9.17) is 0 Å². The molecule has 0 aliphatic carbocycles. The highest BCUT2D eigenvalue weighted by molar-refractivity contribution is 5.88. The number of nitrogens with one attached hydrogen (secondary N) is 2. The van der Waals surface area contributed by atoms with Gasteiger partial charge in [0.1, 0.15) is 5.54 Å². The molecule has 2 rings (SSSR count). The summed E-state index contributed by atoms with van der Waals surface area (Å²) >= 11 is 0. The topological polar surface area (TPSA) is 44.4 Å². The van der Waals surface area contributed by atoms with Crippen LogP contribution in [-0.4, -0.2) is 36.1 Å². The van der Waals surface area contributed by atoms with Crippen LogP contribution in [0.25, 0.3) is 0 Å². The lowest BCUT2D eigenvalue weighted by molar-refractivity contribution is -0.125. The van der Waals surface area contributed by atoms with E-state index in [9.17, 15) is 4.79 Å². The number of amides is 1. The van der Waals surface area contributed by atoms with Crippen LogP contribution in [0.15, 0.2) is 0 Å². The maximum absolute atomic E-state index is 11.4. The molecule has 0 aromatic heterocycles. The van der Waals surface area contributed by atoms with Gasteiger partial charge < -0.3 is 10.2 Å². The summed E-state index contributed by atoms with van der Waals surface area (Å²) in [4.78, 5) is 13.5. The molecule has 0 aromatic rings. The van der Waals surface area contributed by atoms with Crippen LogP contribution in [0.4, 0.5) is 0 Å². The summed E-state index contributed by atoms with van der Waals surface area (Å²) in [5, 5.41) is 6.03. The first-order chi connectivity index (χ1) is 5.73. The smallest absolute Gasteiger partial charge is 0.241 e. The van der Waals surface area contributed by atoms with E-state index in [0.29, 0.717) is 6.67 Å². The fourth-order valence-corrected chi connectivity index (χ4v) is 1.88. The predicted octanol–water partition coefficient (Wildman–Crippen LogP) is -0.711. The third-order valence-electron chi connectivity index (χ3n) is 2.82. The molecule has 1 spiro atoms. The molecule has 0 atom stereocenters. The second-order valence-corrected chi connectivity index (χ2v) is 3.56. The number of rotatable bonds is 0. The molecule has 12 heavy (non-hydrogen) atoms. The van der Waals surface area contributed by atoms with Crippen LogP contribution >= 0.6 is 0 Å². The van der Waals surface area contributed by atoms with E-state index in [0.717, 1.165) is 25.9 Å². The van der Waals surface area contributed by atoms with Crippen molar-refractivity contribution in [2.75, 3.05) is 19.8 Å². The quantitative estimate of drug-likeness (QED) is 0.470. The van der Waals surface area contributed by atoms with Gasteiger partial charge in [-0.25, -0.2) is 0 Å². The van der Waals surface area contributed by atoms with Gasteiger partial charge in [-0.15, -0.1) is 0 Å². The van der Waals surface area contributed by atoms with Crippen LogP contribution < -0.4 is 10.6 Å². The Morgan fingerprint density at radius 1 is 1.42 bits per heavy atom. The largest absolute Gasteiger partial charge is 0.459 e. The van der Waals surface area contributed by atoms with Crippen molar-refractivity contribution in [2.24, 2.45) is 0 Å². The van der Waals surface area contributed by atoms with Crippen molar-refractivity contribution < 1.29 is 4.79 Å². The Bertz CT molecular complexity index is 196. The summed E-state index contributed by atoms with van der Waals surface area (Å²) in [5.74, 6) is 0.163. The first-order valence-electron chi connectivity index (χ1n) is 4.32. The van der Waals surface area contributed by atoms with E-state index in [2.05, 4.69) is 17.7 Å². The molecule has 2 fully saturated rings. The average Bonchev–Trinajstić information content (AvgIpc) is 2.41. The molecule has 0 unspecified atom stereocenters. The summed E-state index contributed by atoms with van der Waals surface area (Å²) < 4.78 is 0. The van der Waals surface area contributed by atoms with E-state index in [1.165, 1.54) is 0 Å². The molecule has 2 aliphatic rings. The third-order valence-corrected chi connectivity index (χ3v) is 2.82. The molecule has 0 bridgehead atoms. The lowest BCUT2D eigenvalue weighted by Gasteiger charge is -2.39. The average molecular weight is 168 g/mol. The van der Waals surface area contributed by atoms with E-state index >= 15 is 0 Å². The maximum Gasteiger partial charge on any atom is 0.241 e. The van der Waals surface area contributed by atoms with Gasteiger partial charge in [-0.05, 0) is 25.9 Å². The van der Waals surface area contributed by atoms with Gasteiger partial charge in [0.05, 0.1) is 6.67 Å². The van der Waals surface area contributed by atoms with Crippen molar-refractivity contribution in [3.05, 3.63) is 7.05 Å². The third kappa shape index (κ3) is 1.11. The zero-order chi connectivity index (χ0) is 8.60. The minimum atomic E-state index is -0.270. The van der Waals surface area contributed by atoms with Crippen LogP contribution in [0.3, 0.4) is 0 Å². The second-order valence-electron chi connectivity index (χ2n) is 3.56. The standard InChI is InChI=1S/C8H14N3O/c1-11-4-2-8(3-5-11)7(12)9-6-10-8/h10H,1-6H2,(H,9,12)/q-1. The number of hydrogen-bond acceptors (Lipinski definition) is 3. The first kappa shape index (κ1) is 8.01. The van der Waals surface area contributed by atoms with Gasteiger partial charge in [0.25, 0.3) is 0 Å². The summed E-state index contributed by atoms with van der Waals surface area (Å²) in [6, 6.07) is 0. The molecule has 0 radical (unpaired) electrons. The van der Waals surface area contributed by atoms with Crippen molar-refractivity contribution in [1.29, 1.82) is 0 Å². The number of carbonyl (C=O) groups is 1. The fraction of sp³-hybridized carbons (Fsp3) is 0.750. The first-order valence-corrected chi connectivity index (χ1v) is 4.32. The van der Waals surface area contributed by atoms with Gasteiger partial charge in [-0.2, -0.15) is 0 Å². The Morgan fingerprint density at radius 2 is 2.08 bits per heavy atom. The highest BCUT2D eigenvalue weighted by atomic mass is 16.2. The zero-order valence-corrected chi connectivity index (χ0v) is 7.10. The Labute approximate surface area is 72.3 Å². The van der Waals surface area contributed by atoms with Crippen molar-refractivity contribution in [3.63, 3.8) is 0 Å². The second kappa shape index (κ2) is 2.71. The van der Waals surface area contributed by atoms with Crippen LogP contribution in [0.1, 0.15) is 12.8 Å². The molecule has 4 heteroatoms. The van der Waals surface area contributed by atoms with Crippen molar-refractivity contribution >= 4 is 5.91 Å². The lowest BCUT2D eigenvalue weighted by atomic mass is 9.88. The van der Waals surface area contributed by atoms with Gasteiger partial charge in [0.15, 0.2) is 0 Å². The van der Waals surface area contributed by atoms with Gasteiger partial charge in [-0.1, -0.05) is 0 Å². The molecule has 68 valence electrons. The summed E-state index contributed by atoms with van der Waals surface area (Å²) in [5.41, 5.74) is -0.270. The van der Waals surface area contributed by atoms with E-state index in [1.807, 2.05) is 4.90 Å². The monoisotopic (exact) mass is 168 g/mol. The van der Waals surface area contributed by atoms with Crippen LogP contribution in [-0.2, 0) is 4.79 Å². The molecule has 1 amide bonds. The molecule has 2 saturated heterocycles. The minimum Gasteiger partial charge on any atom is -0.459 e. The van der Waals surface area contributed by atoms with Crippen molar-refractivity contribution in [3.8, 4) is 0 Å². The Hall–Kier alpha value is -0.610. The maximum atomic E-state index is 11.4. The zero-order valence-electron chi connectivity index (χ0n) is 7.10.